The third-order valence-corrected chi connectivity index (χ3v) is 2.81. The highest BCUT2D eigenvalue weighted by atomic mass is 15.2. The Morgan fingerprint density at radius 2 is 2.31 bits per heavy atom. The second kappa shape index (κ2) is 6.66. The van der Waals surface area contributed by atoms with Crippen LogP contribution in [-0.4, -0.2) is 40.9 Å². The molecule has 0 aliphatic rings. The minimum absolute atomic E-state index is 0.617. The highest BCUT2D eigenvalue weighted by Gasteiger charge is 2.03. The maximum atomic E-state index is 4.17. The zero-order valence-electron chi connectivity index (χ0n) is 10.9. The van der Waals surface area contributed by atoms with E-state index >= 15 is 0 Å². The summed E-state index contributed by atoms with van der Waals surface area (Å²) in [7, 11) is 4.10. The molecule has 92 valence electrons. The van der Waals surface area contributed by atoms with Gasteiger partial charge in [0, 0.05) is 44.5 Å². The highest BCUT2D eigenvalue weighted by Crippen LogP contribution is 2.00. The Bertz CT molecular complexity index is 295. The van der Waals surface area contributed by atoms with Gasteiger partial charge in [-0.1, -0.05) is 6.92 Å². The second-order valence-corrected chi connectivity index (χ2v) is 4.52. The maximum absolute atomic E-state index is 4.17. The third kappa shape index (κ3) is 4.77. The molecule has 1 heterocycles. The van der Waals surface area contributed by atoms with Crippen molar-refractivity contribution in [3.8, 4) is 0 Å². The molecule has 4 heteroatoms. The largest absolute Gasteiger partial charge is 0.313 e. The lowest BCUT2D eigenvalue weighted by Crippen LogP contribution is -2.33. The van der Waals surface area contributed by atoms with Gasteiger partial charge in [0.25, 0.3) is 0 Å². The number of nitrogens with one attached hydrogen (secondary N) is 1. The van der Waals surface area contributed by atoms with Crippen LogP contribution in [-0.2, 0) is 13.6 Å². The number of hydrogen-bond acceptors (Lipinski definition) is 3. The molecule has 0 radical (unpaired) electrons. The van der Waals surface area contributed by atoms with Crippen molar-refractivity contribution in [1.82, 2.24) is 20.0 Å². The van der Waals surface area contributed by atoms with Gasteiger partial charge in [0.15, 0.2) is 0 Å². The normalized spacial score (nSPS) is 13.3. The lowest BCUT2D eigenvalue weighted by Gasteiger charge is -2.18. The zero-order chi connectivity index (χ0) is 12.0. The van der Waals surface area contributed by atoms with Gasteiger partial charge < -0.3 is 10.2 Å². The monoisotopic (exact) mass is 224 g/mol. The summed E-state index contributed by atoms with van der Waals surface area (Å²) >= 11 is 0. The minimum Gasteiger partial charge on any atom is -0.313 e. The molecule has 0 aromatic carbocycles. The van der Waals surface area contributed by atoms with E-state index < -0.39 is 0 Å². The van der Waals surface area contributed by atoms with Crippen molar-refractivity contribution in [3.63, 3.8) is 0 Å². The predicted molar refractivity (Wildman–Crippen MR) is 67.3 cm³/mol. The summed E-state index contributed by atoms with van der Waals surface area (Å²) < 4.78 is 1.85. The molecule has 1 unspecified atom stereocenters. The number of likely N-dealkylation sites (N-methyl/N-ethyl adjacent to an activating group) is 1. The molecule has 0 saturated heterocycles. The van der Waals surface area contributed by atoms with Gasteiger partial charge in [-0.05, 0) is 20.4 Å². The summed E-state index contributed by atoms with van der Waals surface area (Å²) in [6.07, 6.45) is 5.18. The number of rotatable bonds is 7. The first-order valence-corrected chi connectivity index (χ1v) is 6.01. The average Bonchev–Trinajstić information content (AvgIpc) is 2.63. The molecule has 1 atom stereocenters. The Morgan fingerprint density at radius 3 is 2.88 bits per heavy atom. The lowest BCUT2D eigenvalue weighted by atomic mass is 10.2. The Morgan fingerprint density at radius 1 is 1.56 bits per heavy atom. The van der Waals surface area contributed by atoms with Crippen molar-refractivity contribution < 1.29 is 0 Å². The summed E-state index contributed by atoms with van der Waals surface area (Å²) in [5, 5.41) is 7.66. The van der Waals surface area contributed by atoms with E-state index in [1.165, 1.54) is 12.0 Å². The van der Waals surface area contributed by atoms with Crippen LogP contribution in [0.3, 0.4) is 0 Å². The number of nitrogens with zero attached hydrogens (tertiary/aromatic N) is 3. The Balaban J connectivity index is 2.18. The lowest BCUT2D eigenvalue weighted by molar-refractivity contribution is 0.317. The van der Waals surface area contributed by atoms with Crippen molar-refractivity contribution in [2.45, 2.75) is 32.9 Å². The minimum atomic E-state index is 0.617. The first-order chi connectivity index (χ1) is 7.61. The van der Waals surface area contributed by atoms with E-state index in [-0.39, 0.29) is 0 Å². The van der Waals surface area contributed by atoms with Crippen LogP contribution in [0.25, 0.3) is 0 Å². The maximum Gasteiger partial charge on any atom is 0.0534 e. The number of hydrogen-bond donors (Lipinski definition) is 1. The van der Waals surface area contributed by atoms with Crippen molar-refractivity contribution in [2.24, 2.45) is 7.05 Å². The van der Waals surface area contributed by atoms with Gasteiger partial charge in [-0.3, -0.25) is 4.68 Å². The molecular weight excluding hydrogens is 200 g/mol. The van der Waals surface area contributed by atoms with Crippen LogP contribution in [0.2, 0.25) is 0 Å². The van der Waals surface area contributed by atoms with Crippen molar-refractivity contribution >= 4 is 0 Å². The SMILES string of the molecule is CCC(C)NCCN(C)Cc1cnn(C)c1. The van der Waals surface area contributed by atoms with Crippen LogP contribution in [0.15, 0.2) is 12.4 Å². The average molecular weight is 224 g/mol. The van der Waals surface area contributed by atoms with Gasteiger partial charge in [0.05, 0.1) is 6.20 Å². The molecule has 0 saturated carbocycles. The molecule has 16 heavy (non-hydrogen) atoms. The summed E-state index contributed by atoms with van der Waals surface area (Å²) in [5.74, 6) is 0. The molecule has 1 rings (SSSR count). The van der Waals surface area contributed by atoms with Gasteiger partial charge in [-0.2, -0.15) is 5.10 Å². The Kier molecular flexibility index (Phi) is 5.49. The van der Waals surface area contributed by atoms with Crippen LogP contribution >= 0.6 is 0 Å². The number of aromatic nitrogens is 2. The van der Waals surface area contributed by atoms with E-state index in [1.807, 2.05) is 17.9 Å². The Hall–Kier alpha value is -0.870. The Labute approximate surface area is 98.6 Å². The van der Waals surface area contributed by atoms with Gasteiger partial charge in [-0.25, -0.2) is 0 Å². The van der Waals surface area contributed by atoms with E-state index in [0.29, 0.717) is 6.04 Å². The molecule has 1 aromatic rings. The fourth-order valence-corrected chi connectivity index (χ4v) is 1.59. The first kappa shape index (κ1) is 13.2. The topological polar surface area (TPSA) is 33.1 Å². The van der Waals surface area contributed by atoms with E-state index in [2.05, 4.69) is 42.4 Å². The molecule has 0 spiro atoms. The van der Waals surface area contributed by atoms with Crippen molar-refractivity contribution in [1.29, 1.82) is 0 Å². The van der Waals surface area contributed by atoms with Crippen LogP contribution < -0.4 is 5.32 Å². The first-order valence-electron chi connectivity index (χ1n) is 6.01. The predicted octanol–water partition coefficient (Wildman–Crippen LogP) is 1.24. The molecule has 0 fully saturated rings. The summed E-state index contributed by atoms with van der Waals surface area (Å²) in [6, 6.07) is 0.617. The highest BCUT2D eigenvalue weighted by molar-refractivity contribution is 5.02. The van der Waals surface area contributed by atoms with E-state index in [4.69, 9.17) is 0 Å². The van der Waals surface area contributed by atoms with Crippen molar-refractivity contribution in [2.75, 3.05) is 20.1 Å². The summed E-state index contributed by atoms with van der Waals surface area (Å²) in [5.41, 5.74) is 1.27. The second-order valence-electron chi connectivity index (χ2n) is 4.52. The van der Waals surface area contributed by atoms with Crippen LogP contribution in [0, 0.1) is 0 Å². The van der Waals surface area contributed by atoms with E-state index in [1.54, 1.807) is 0 Å². The molecule has 0 aliphatic carbocycles. The number of aryl methyl sites for hydroxylation is 1. The van der Waals surface area contributed by atoms with Gasteiger partial charge >= 0.3 is 0 Å². The molecule has 1 N–H and O–H groups in total. The van der Waals surface area contributed by atoms with Crippen LogP contribution in [0.1, 0.15) is 25.8 Å². The van der Waals surface area contributed by atoms with Crippen LogP contribution in [0.4, 0.5) is 0 Å². The molecule has 1 aromatic heterocycles. The molecule has 0 aliphatic heterocycles. The molecule has 0 amide bonds. The quantitative estimate of drug-likeness (QED) is 0.756. The fourth-order valence-electron chi connectivity index (χ4n) is 1.59. The standard InChI is InChI=1S/C12H24N4/c1-5-11(2)13-6-7-15(3)9-12-8-14-16(4)10-12/h8,10-11,13H,5-7,9H2,1-4H3. The molecular formula is C12H24N4. The zero-order valence-corrected chi connectivity index (χ0v) is 10.9. The van der Waals surface area contributed by atoms with E-state index in [9.17, 15) is 0 Å². The van der Waals surface area contributed by atoms with Crippen molar-refractivity contribution in [3.05, 3.63) is 18.0 Å². The fraction of sp³-hybridized carbons (Fsp3) is 0.750. The van der Waals surface area contributed by atoms with Gasteiger partial charge in [0.2, 0.25) is 0 Å². The van der Waals surface area contributed by atoms with Gasteiger partial charge in [-0.15, -0.1) is 0 Å². The third-order valence-electron chi connectivity index (χ3n) is 2.81. The smallest absolute Gasteiger partial charge is 0.0534 e. The van der Waals surface area contributed by atoms with Crippen LogP contribution in [0.5, 0.6) is 0 Å². The molecule has 4 nitrogen and oxygen atoms in total. The van der Waals surface area contributed by atoms with Gasteiger partial charge in [0.1, 0.15) is 0 Å². The molecule has 0 bridgehead atoms. The summed E-state index contributed by atoms with van der Waals surface area (Å²) in [6.45, 7) is 7.51. The summed E-state index contributed by atoms with van der Waals surface area (Å²) in [4.78, 5) is 2.31. The van der Waals surface area contributed by atoms with E-state index in [0.717, 1.165) is 19.6 Å².